The van der Waals surface area contributed by atoms with Gasteiger partial charge in [-0.15, -0.1) is 0 Å². The molecule has 0 saturated carbocycles. The lowest BCUT2D eigenvalue weighted by molar-refractivity contribution is -0.143. The van der Waals surface area contributed by atoms with E-state index in [1.807, 2.05) is 0 Å². The third-order valence-electron chi connectivity index (χ3n) is 2.01. The maximum atomic E-state index is 11.4. The zero-order chi connectivity index (χ0) is 14.3. The van der Waals surface area contributed by atoms with Gasteiger partial charge in [-0.05, 0) is 13.3 Å². The van der Waals surface area contributed by atoms with Crippen molar-refractivity contribution in [3.05, 3.63) is 0 Å². The molecule has 0 fully saturated rings. The van der Waals surface area contributed by atoms with Gasteiger partial charge in [0, 0.05) is 6.42 Å². The summed E-state index contributed by atoms with van der Waals surface area (Å²) >= 11 is 0. The number of carbonyl (C=O) groups is 4. The molecule has 0 spiro atoms. The van der Waals surface area contributed by atoms with Crippen LogP contribution in [0.2, 0.25) is 0 Å². The topological polar surface area (TPSA) is 159 Å². The molecule has 0 radical (unpaired) electrons. The van der Waals surface area contributed by atoms with Crippen molar-refractivity contribution in [1.82, 2.24) is 10.6 Å². The normalized spacial score (nSPS) is 13.2. The molecule has 102 valence electrons. The van der Waals surface area contributed by atoms with Gasteiger partial charge in [0.15, 0.2) is 0 Å². The lowest BCUT2D eigenvalue weighted by atomic mass is 10.1. The summed E-state index contributed by atoms with van der Waals surface area (Å²) in [4.78, 5) is 43.0. The number of aliphatic carboxylic acids is 2. The monoisotopic (exact) mass is 261 g/mol. The van der Waals surface area contributed by atoms with Crippen molar-refractivity contribution < 1.29 is 29.4 Å². The molecule has 0 aromatic rings. The minimum Gasteiger partial charge on any atom is -0.481 e. The third-order valence-corrected chi connectivity index (χ3v) is 2.01. The summed E-state index contributed by atoms with van der Waals surface area (Å²) in [6.07, 6.45) is -0.644. The quantitative estimate of drug-likeness (QED) is 0.374. The average molecular weight is 261 g/mol. The lowest BCUT2D eigenvalue weighted by Crippen LogP contribution is -2.51. The summed E-state index contributed by atoms with van der Waals surface area (Å²) in [5.41, 5.74) is 4.80. The van der Waals surface area contributed by atoms with Crippen molar-refractivity contribution in [1.29, 1.82) is 0 Å². The van der Waals surface area contributed by atoms with Crippen molar-refractivity contribution in [3.63, 3.8) is 0 Å². The Morgan fingerprint density at radius 1 is 1.17 bits per heavy atom. The van der Waals surface area contributed by atoms with Gasteiger partial charge in [0.05, 0.1) is 0 Å². The highest BCUT2D eigenvalue weighted by molar-refractivity contribution is 5.89. The SMILES string of the molecule is CC(NC(N)=O)C(=O)NC(CCC(=O)O)C(=O)O. The van der Waals surface area contributed by atoms with Gasteiger partial charge in [-0.3, -0.25) is 9.59 Å². The fourth-order valence-electron chi connectivity index (χ4n) is 1.10. The maximum Gasteiger partial charge on any atom is 0.326 e. The van der Waals surface area contributed by atoms with Gasteiger partial charge in [-0.2, -0.15) is 0 Å². The fourth-order valence-corrected chi connectivity index (χ4v) is 1.10. The number of rotatable bonds is 7. The number of urea groups is 1. The maximum absolute atomic E-state index is 11.4. The second-order valence-corrected chi connectivity index (χ2v) is 3.56. The van der Waals surface area contributed by atoms with Crippen molar-refractivity contribution in [2.75, 3.05) is 0 Å². The Morgan fingerprint density at radius 2 is 1.72 bits per heavy atom. The van der Waals surface area contributed by atoms with Crippen molar-refractivity contribution in [2.24, 2.45) is 5.73 Å². The Bertz CT molecular complexity index is 356. The van der Waals surface area contributed by atoms with Gasteiger partial charge in [0.25, 0.3) is 0 Å². The van der Waals surface area contributed by atoms with Crippen molar-refractivity contribution >= 4 is 23.9 Å². The summed E-state index contributed by atoms with van der Waals surface area (Å²) in [5.74, 6) is -3.28. The van der Waals surface area contributed by atoms with E-state index >= 15 is 0 Å². The van der Waals surface area contributed by atoms with Crippen molar-refractivity contribution in [2.45, 2.75) is 31.8 Å². The summed E-state index contributed by atoms with van der Waals surface area (Å²) in [6.45, 7) is 1.32. The summed E-state index contributed by atoms with van der Waals surface area (Å²) in [6, 6.07) is -3.25. The Morgan fingerprint density at radius 3 is 2.11 bits per heavy atom. The molecule has 9 heteroatoms. The first-order valence-electron chi connectivity index (χ1n) is 5.05. The van der Waals surface area contributed by atoms with Crippen LogP contribution in [-0.4, -0.2) is 46.2 Å². The van der Waals surface area contributed by atoms with Crippen LogP contribution in [-0.2, 0) is 14.4 Å². The molecular weight excluding hydrogens is 246 g/mol. The van der Waals surface area contributed by atoms with Gasteiger partial charge in [0.1, 0.15) is 12.1 Å². The molecule has 9 nitrogen and oxygen atoms in total. The van der Waals surface area contributed by atoms with Crippen LogP contribution in [0, 0.1) is 0 Å². The molecule has 6 N–H and O–H groups in total. The molecule has 0 aromatic carbocycles. The average Bonchev–Trinajstić information content (AvgIpc) is 2.21. The van der Waals surface area contributed by atoms with E-state index in [1.54, 1.807) is 0 Å². The van der Waals surface area contributed by atoms with Crippen LogP contribution >= 0.6 is 0 Å². The van der Waals surface area contributed by atoms with E-state index < -0.39 is 42.4 Å². The molecular formula is C9H15N3O6. The van der Waals surface area contributed by atoms with E-state index in [2.05, 4.69) is 10.6 Å². The first-order chi connectivity index (χ1) is 8.23. The van der Waals surface area contributed by atoms with Gasteiger partial charge < -0.3 is 26.6 Å². The molecule has 0 aliphatic carbocycles. The predicted molar refractivity (Wildman–Crippen MR) is 58.6 cm³/mol. The minimum atomic E-state index is -1.35. The number of carbonyl (C=O) groups excluding carboxylic acids is 2. The van der Waals surface area contributed by atoms with Crippen LogP contribution in [0.5, 0.6) is 0 Å². The van der Waals surface area contributed by atoms with Crippen LogP contribution in [0.3, 0.4) is 0 Å². The van der Waals surface area contributed by atoms with E-state index in [4.69, 9.17) is 15.9 Å². The first kappa shape index (κ1) is 15.7. The largest absolute Gasteiger partial charge is 0.481 e. The second-order valence-electron chi connectivity index (χ2n) is 3.56. The fraction of sp³-hybridized carbons (Fsp3) is 0.556. The highest BCUT2D eigenvalue weighted by atomic mass is 16.4. The zero-order valence-electron chi connectivity index (χ0n) is 9.67. The first-order valence-corrected chi connectivity index (χ1v) is 5.05. The molecule has 2 atom stereocenters. The Balaban J connectivity index is 4.40. The van der Waals surface area contributed by atoms with E-state index in [1.165, 1.54) is 6.92 Å². The molecule has 0 aromatic heterocycles. The number of carboxylic acids is 2. The Labute approximate surface area is 102 Å². The molecule has 0 bridgehead atoms. The summed E-state index contributed by atoms with van der Waals surface area (Å²) in [5, 5.41) is 21.4. The Kier molecular flexibility index (Phi) is 6.18. The highest BCUT2D eigenvalue weighted by Crippen LogP contribution is 1.99. The van der Waals surface area contributed by atoms with Crippen LogP contribution in [0.25, 0.3) is 0 Å². The lowest BCUT2D eigenvalue weighted by Gasteiger charge is -2.17. The van der Waals surface area contributed by atoms with E-state index in [-0.39, 0.29) is 6.42 Å². The molecule has 0 rings (SSSR count). The smallest absolute Gasteiger partial charge is 0.326 e. The molecule has 0 aliphatic rings. The molecule has 18 heavy (non-hydrogen) atoms. The van der Waals surface area contributed by atoms with Crippen LogP contribution < -0.4 is 16.4 Å². The number of hydrogen-bond acceptors (Lipinski definition) is 4. The van der Waals surface area contributed by atoms with Crippen LogP contribution in [0.1, 0.15) is 19.8 Å². The summed E-state index contributed by atoms with van der Waals surface area (Å²) in [7, 11) is 0. The van der Waals surface area contributed by atoms with E-state index in [0.717, 1.165) is 0 Å². The van der Waals surface area contributed by atoms with Gasteiger partial charge in [-0.25, -0.2) is 9.59 Å². The zero-order valence-corrected chi connectivity index (χ0v) is 9.67. The summed E-state index contributed by atoms with van der Waals surface area (Å²) < 4.78 is 0. The van der Waals surface area contributed by atoms with Crippen LogP contribution in [0.4, 0.5) is 4.79 Å². The number of nitrogens with one attached hydrogen (secondary N) is 2. The number of nitrogens with two attached hydrogens (primary N) is 1. The van der Waals surface area contributed by atoms with Gasteiger partial charge in [0.2, 0.25) is 5.91 Å². The standard InChI is InChI=1S/C9H15N3O6/c1-4(11-9(10)18)7(15)12-5(8(16)17)2-3-6(13)14/h4-5H,2-3H2,1H3,(H,12,15)(H,13,14)(H,16,17)(H3,10,11,18). The van der Waals surface area contributed by atoms with Gasteiger partial charge in [-0.1, -0.05) is 0 Å². The Hall–Kier alpha value is -2.32. The van der Waals surface area contributed by atoms with Gasteiger partial charge >= 0.3 is 18.0 Å². The number of carboxylic acid groups (broad SMARTS) is 2. The predicted octanol–water partition coefficient (Wildman–Crippen LogP) is -1.52. The molecule has 3 amide bonds. The molecule has 0 heterocycles. The number of primary amides is 1. The number of hydrogen-bond donors (Lipinski definition) is 5. The second kappa shape index (κ2) is 7.09. The minimum absolute atomic E-state index is 0.250. The van der Waals surface area contributed by atoms with E-state index in [9.17, 15) is 19.2 Å². The highest BCUT2D eigenvalue weighted by Gasteiger charge is 2.23. The molecule has 0 saturated heterocycles. The molecule has 0 aliphatic heterocycles. The van der Waals surface area contributed by atoms with Crippen molar-refractivity contribution in [3.8, 4) is 0 Å². The van der Waals surface area contributed by atoms with Crippen LogP contribution in [0.15, 0.2) is 0 Å². The molecule has 2 unspecified atom stereocenters. The number of amides is 3. The third kappa shape index (κ3) is 6.30. The van der Waals surface area contributed by atoms with E-state index in [0.29, 0.717) is 0 Å².